The minimum absolute atomic E-state index is 0.161. The number of fused-ring (bicyclic) bond motifs is 1. The Morgan fingerprint density at radius 3 is 2.76 bits per heavy atom. The summed E-state index contributed by atoms with van der Waals surface area (Å²) in [5.74, 6) is 1.70. The maximum absolute atomic E-state index is 11.9. The molecule has 0 atom stereocenters. The van der Waals surface area contributed by atoms with E-state index in [2.05, 4.69) is 0 Å². The van der Waals surface area contributed by atoms with Gasteiger partial charge in [0, 0.05) is 18.1 Å². The number of esters is 1. The highest BCUT2D eigenvalue weighted by Crippen LogP contribution is 2.30. The van der Waals surface area contributed by atoms with Gasteiger partial charge in [0.25, 0.3) is 0 Å². The molecule has 1 aliphatic heterocycles. The molecule has 3 rings (SSSR count). The van der Waals surface area contributed by atoms with Crippen molar-refractivity contribution in [2.24, 2.45) is 0 Å². The summed E-state index contributed by atoms with van der Waals surface area (Å²) in [5.41, 5.74) is 1.67. The van der Waals surface area contributed by atoms with Gasteiger partial charge in [-0.1, -0.05) is 24.3 Å². The summed E-state index contributed by atoms with van der Waals surface area (Å²) in [6, 6.07) is 13.0. The van der Waals surface area contributed by atoms with Crippen LogP contribution in [0.4, 0.5) is 0 Å². The van der Waals surface area contributed by atoms with Crippen molar-refractivity contribution in [1.29, 1.82) is 0 Å². The molecule has 0 aromatic heterocycles. The van der Waals surface area contributed by atoms with Crippen LogP contribution in [-0.2, 0) is 16.1 Å². The number of ether oxygens (including phenoxy) is 4. The molecule has 0 saturated heterocycles. The molecule has 0 saturated carbocycles. The van der Waals surface area contributed by atoms with Crippen molar-refractivity contribution >= 4 is 12.0 Å². The number of benzene rings is 2. The summed E-state index contributed by atoms with van der Waals surface area (Å²) in [7, 11) is 1.59. The topological polar surface area (TPSA) is 54.0 Å². The molecule has 0 N–H and O–H groups in total. The number of carbonyl (C=O) groups excluding carboxylic acids is 1. The number of hydrogen-bond acceptors (Lipinski definition) is 5. The molecule has 0 aliphatic carbocycles. The Hall–Kier alpha value is -2.95. The smallest absolute Gasteiger partial charge is 0.331 e. The summed E-state index contributed by atoms with van der Waals surface area (Å²) < 4.78 is 21.7. The maximum atomic E-state index is 11.9. The van der Waals surface area contributed by atoms with E-state index in [0.29, 0.717) is 24.7 Å². The predicted octanol–water partition coefficient (Wildman–Crippen LogP) is 3.61. The lowest BCUT2D eigenvalue weighted by Crippen LogP contribution is -2.02. The standard InChI is InChI=1S/C20H20O5/c1-22-17-6-3-2-5-16(17)14-25-20(21)10-8-15-7-9-18-19(13-15)24-12-4-11-23-18/h2-3,5-10,13H,4,11-12,14H2,1H3/b10-8+. The summed E-state index contributed by atoms with van der Waals surface area (Å²) in [5, 5.41) is 0. The number of methoxy groups -OCH3 is 1. The average Bonchev–Trinajstić information content (AvgIpc) is 2.89. The van der Waals surface area contributed by atoms with Gasteiger partial charge in [-0.15, -0.1) is 0 Å². The molecule has 5 heteroatoms. The number of carbonyl (C=O) groups is 1. The Labute approximate surface area is 146 Å². The first kappa shape index (κ1) is 16.9. The lowest BCUT2D eigenvalue weighted by Gasteiger charge is -2.08. The molecular formula is C20H20O5. The monoisotopic (exact) mass is 340 g/mol. The van der Waals surface area contributed by atoms with Crippen molar-refractivity contribution in [3.8, 4) is 17.2 Å². The van der Waals surface area contributed by atoms with Gasteiger partial charge in [0.2, 0.25) is 0 Å². The van der Waals surface area contributed by atoms with Crippen molar-refractivity contribution in [1.82, 2.24) is 0 Å². The van der Waals surface area contributed by atoms with Crippen LogP contribution in [0.1, 0.15) is 17.5 Å². The van der Waals surface area contributed by atoms with Gasteiger partial charge in [0.1, 0.15) is 12.4 Å². The minimum Gasteiger partial charge on any atom is -0.496 e. The van der Waals surface area contributed by atoms with Gasteiger partial charge >= 0.3 is 5.97 Å². The van der Waals surface area contributed by atoms with E-state index in [9.17, 15) is 4.79 Å². The maximum Gasteiger partial charge on any atom is 0.331 e. The molecule has 0 amide bonds. The fourth-order valence-corrected chi connectivity index (χ4v) is 2.47. The predicted molar refractivity (Wildman–Crippen MR) is 93.9 cm³/mol. The largest absolute Gasteiger partial charge is 0.496 e. The Balaban J connectivity index is 1.60. The van der Waals surface area contributed by atoms with E-state index in [0.717, 1.165) is 23.3 Å². The minimum atomic E-state index is -0.419. The Kier molecular flexibility index (Phi) is 5.57. The second-order valence-electron chi connectivity index (χ2n) is 5.51. The van der Waals surface area contributed by atoms with Gasteiger partial charge < -0.3 is 18.9 Å². The second kappa shape index (κ2) is 8.24. The third kappa shape index (κ3) is 4.53. The lowest BCUT2D eigenvalue weighted by atomic mass is 10.2. The lowest BCUT2D eigenvalue weighted by molar-refractivity contribution is -0.138. The van der Waals surface area contributed by atoms with Crippen LogP contribution in [0.5, 0.6) is 17.2 Å². The van der Waals surface area contributed by atoms with Crippen molar-refractivity contribution in [3.05, 3.63) is 59.7 Å². The van der Waals surface area contributed by atoms with Gasteiger partial charge in [-0.25, -0.2) is 4.79 Å². The SMILES string of the molecule is COc1ccccc1COC(=O)/C=C/c1ccc2c(c1)OCCCO2. The van der Waals surface area contributed by atoms with E-state index >= 15 is 0 Å². The molecule has 0 fully saturated rings. The van der Waals surface area contributed by atoms with Crippen molar-refractivity contribution in [3.63, 3.8) is 0 Å². The molecule has 0 spiro atoms. The first-order valence-corrected chi connectivity index (χ1v) is 8.12. The first-order chi connectivity index (χ1) is 12.3. The molecule has 0 bridgehead atoms. The van der Waals surface area contributed by atoms with Crippen LogP contribution in [0.2, 0.25) is 0 Å². The van der Waals surface area contributed by atoms with Crippen LogP contribution in [0.25, 0.3) is 6.08 Å². The summed E-state index contributed by atoms with van der Waals surface area (Å²) in [6.45, 7) is 1.44. The van der Waals surface area contributed by atoms with Crippen LogP contribution in [0.3, 0.4) is 0 Å². The average molecular weight is 340 g/mol. The number of para-hydroxylation sites is 1. The molecule has 1 aliphatic rings. The molecule has 0 radical (unpaired) electrons. The highest BCUT2D eigenvalue weighted by molar-refractivity contribution is 5.87. The zero-order chi connectivity index (χ0) is 17.5. The van der Waals surface area contributed by atoms with E-state index in [1.807, 2.05) is 42.5 Å². The van der Waals surface area contributed by atoms with Crippen LogP contribution in [-0.4, -0.2) is 26.3 Å². The Morgan fingerprint density at radius 2 is 1.92 bits per heavy atom. The van der Waals surface area contributed by atoms with Crippen molar-refractivity contribution < 1.29 is 23.7 Å². The fourth-order valence-electron chi connectivity index (χ4n) is 2.47. The van der Waals surface area contributed by atoms with Crippen molar-refractivity contribution in [2.75, 3.05) is 20.3 Å². The third-order valence-electron chi connectivity index (χ3n) is 3.75. The van der Waals surface area contributed by atoms with Crippen LogP contribution in [0.15, 0.2) is 48.5 Å². The molecule has 1 heterocycles. The van der Waals surface area contributed by atoms with E-state index in [4.69, 9.17) is 18.9 Å². The van der Waals surface area contributed by atoms with E-state index in [1.165, 1.54) is 6.08 Å². The fraction of sp³-hybridized carbons (Fsp3) is 0.250. The van der Waals surface area contributed by atoms with Gasteiger partial charge in [-0.2, -0.15) is 0 Å². The normalized spacial score (nSPS) is 13.3. The van der Waals surface area contributed by atoms with Gasteiger partial charge in [-0.05, 0) is 29.8 Å². The molecule has 2 aromatic carbocycles. The van der Waals surface area contributed by atoms with Crippen LogP contribution < -0.4 is 14.2 Å². The quantitative estimate of drug-likeness (QED) is 0.615. The molecule has 130 valence electrons. The Bertz CT molecular complexity index is 766. The number of hydrogen-bond donors (Lipinski definition) is 0. The molecule has 0 unspecified atom stereocenters. The summed E-state index contributed by atoms with van der Waals surface area (Å²) in [4.78, 5) is 11.9. The first-order valence-electron chi connectivity index (χ1n) is 8.12. The number of rotatable bonds is 5. The van der Waals surface area contributed by atoms with E-state index in [1.54, 1.807) is 13.2 Å². The van der Waals surface area contributed by atoms with Gasteiger partial charge in [0.05, 0.1) is 20.3 Å². The molecule has 5 nitrogen and oxygen atoms in total. The molecular weight excluding hydrogens is 320 g/mol. The summed E-state index contributed by atoms with van der Waals surface area (Å²) >= 11 is 0. The third-order valence-corrected chi connectivity index (χ3v) is 3.75. The van der Waals surface area contributed by atoms with Crippen LogP contribution in [0, 0.1) is 0 Å². The Morgan fingerprint density at radius 1 is 1.12 bits per heavy atom. The van der Waals surface area contributed by atoms with Crippen LogP contribution >= 0.6 is 0 Å². The van der Waals surface area contributed by atoms with E-state index in [-0.39, 0.29) is 6.61 Å². The zero-order valence-electron chi connectivity index (χ0n) is 14.1. The second-order valence-corrected chi connectivity index (χ2v) is 5.51. The van der Waals surface area contributed by atoms with E-state index < -0.39 is 5.97 Å². The summed E-state index contributed by atoms with van der Waals surface area (Å²) in [6.07, 6.45) is 3.95. The van der Waals surface area contributed by atoms with Gasteiger partial charge in [0.15, 0.2) is 11.5 Å². The highest BCUT2D eigenvalue weighted by atomic mass is 16.5. The highest BCUT2D eigenvalue weighted by Gasteiger charge is 2.10. The molecule has 2 aromatic rings. The zero-order valence-corrected chi connectivity index (χ0v) is 14.1. The van der Waals surface area contributed by atoms with Crippen molar-refractivity contribution in [2.45, 2.75) is 13.0 Å². The molecule has 25 heavy (non-hydrogen) atoms. The van der Waals surface area contributed by atoms with Gasteiger partial charge in [-0.3, -0.25) is 0 Å².